The normalized spacial score (nSPS) is 19.6. The molecule has 2 N–H and O–H groups in total. The van der Waals surface area contributed by atoms with Crippen molar-refractivity contribution in [1.82, 2.24) is 0 Å². The quantitative estimate of drug-likeness (QED) is 0.869. The van der Waals surface area contributed by atoms with Gasteiger partial charge in [-0.1, -0.05) is 12.1 Å². The van der Waals surface area contributed by atoms with Crippen LogP contribution >= 0.6 is 0 Å². The second kappa shape index (κ2) is 7.62. The van der Waals surface area contributed by atoms with Crippen LogP contribution in [0.4, 0.5) is 0 Å². The molecule has 112 valence electrons. The van der Waals surface area contributed by atoms with Crippen LogP contribution in [0.5, 0.6) is 5.75 Å². The monoisotopic (exact) mass is 279 g/mol. The van der Waals surface area contributed by atoms with E-state index < -0.39 is 0 Å². The van der Waals surface area contributed by atoms with Gasteiger partial charge >= 0.3 is 0 Å². The number of rotatable bonds is 6. The predicted molar refractivity (Wildman–Crippen MR) is 78.9 cm³/mol. The molecule has 4 nitrogen and oxygen atoms in total. The van der Waals surface area contributed by atoms with Crippen LogP contribution in [0.1, 0.15) is 31.4 Å². The van der Waals surface area contributed by atoms with Crippen LogP contribution in [-0.4, -0.2) is 33.0 Å². The lowest BCUT2D eigenvalue weighted by Crippen LogP contribution is -2.29. The van der Waals surface area contributed by atoms with E-state index in [1.54, 1.807) is 7.11 Å². The van der Waals surface area contributed by atoms with Crippen LogP contribution in [0.25, 0.3) is 0 Å². The zero-order valence-electron chi connectivity index (χ0n) is 12.4. The molecule has 0 saturated carbocycles. The average Bonchev–Trinajstić information content (AvgIpc) is 2.53. The Bertz CT molecular complexity index is 387. The molecule has 0 spiro atoms. The van der Waals surface area contributed by atoms with Crippen molar-refractivity contribution in [1.29, 1.82) is 0 Å². The molecule has 1 aliphatic heterocycles. The van der Waals surface area contributed by atoms with E-state index in [-0.39, 0.29) is 12.1 Å². The summed E-state index contributed by atoms with van der Waals surface area (Å²) in [6.45, 7) is 4.52. The molecule has 0 radical (unpaired) electrons. The highest BCUT2D eigenvalue weighted by Crippen LogP contribution is 2.22. The van der Waals surface area contributed by atoms with Crippen molar-refractivity contribution in [2.75, 3.05) is 26.9 Å². The average molecular weight is 279 g/mol. The van der Waals surface area contributed by atoms with E-state index in [0.717, 1.165) is 44.0 Å². The zero-order chi connectivity index (χ0) is 14.4. The molecule has 2 unspecified atom stereocenters. The maximum atomic E-state index is 6.26. The molecule has 0 bridgehead atoms. The number of methoxy groups -OCH3 is 1. The Hall–Kier alpha value is -1.10. The van der Waals surface area contributed by atoms with E-state index in [1.807, 2.05) is 31.2 Å². The number of hydrogen-bond donors (Lipinski definition) is 1. The first kappa shape index (κ1) is 15.3. The molecule has 1 saturated heterocycles. The summed E-state index contributed by atoms with van der Waals surface area (Å²) in [5.41, 5.74) is 7.33. The van der Waals surface area contributed by atoms with E-state index in [9.17, 15) is 0 Å². The van der Waals surface area contributed by atoms with Gasteiger partial charge in [0, 0.05) is 13.2 Å². The highest BCUT2D eigenvalue weighted by Gasteiger charge is 2.19. The summed E-state index contributed by atoms with van der Waals surface area (Å²) in [5, 5.41) is 0. The minimum atomic E-state index is -0.110. The van der Waals surface area contributed by atoms with Gasteiger partial charge in [0.15, 0.2) is 0 Å². The molecule has 1 aromatic rings. The standard InChI is InChI=1S/C16H25NO3/c1-12(20-11-13-7-9-19-10-8-13)16(17)14-3-5-15(18-2)6-4-14/h3-6,12-13,16H,7-11,17H2,1-2H3. The molecular formula is C16H25NO3. The Labute approximate surface area is 121 Å². The Morgan fingerprint density at radius 1 is 1.25 bits per heavy atom. The molecule has 4 heteroatoms. The molecule has 2 rings (SSSR count). The van der Waals surface area contributed by atoms with Gasteiger partial charge in [0.1, 0.15) is 5.75 Å². The Morgan fingerprint density at radius 3 is 2.50 bits per heavy atom. The Morgan fingerprint density at radius 2 is 1.90 bits per heavy atom. The lowest BCUT2D eigenvalue weighted by molar-refractivity contribution is -0.0129. The molecule has 1 aliphatic rings. The Kier molecular flexibility index (Phi) is 5.83. The van der Waals surface area contributed by atoms with Gasteiger partial charge in [0.2, 0.25) is 0 Å². The number of hydrogen-bond acceptors (Lipinski definition) is 4. The van der Waals surface area contributed by atoms with Gasteiger partial charge in [-0.3, -0.25) is 0 Å². The summed E-state index contributed by atoms with van der Waals surface area (Å²) in [6.07, 6.45) is 2.18. The van der Waals surface area contributed by atoms with E-state index in [1.165, 1.54) is 0 Å². The van der Waals surface area contributed by atoms with Crippen LogP contribution < -0.4 is 10.5 Å². The second-order valence-electron chi connectivity index (χ2n) is 5.39. The third-order valence-corrected chi connectivity index (χ3v) is 3.94. The van der Waals surface area contributed by atoms with Gasteiger partial charge in [0.25, 0.3) is 0 Å². The lowest BCUT2D eigenvalue weighted by atomic mass is 10.0. The highest BCUT2D eigenvalue weighted by molar-refractivity contribution is 5.29. The number of benzene rings is 1. The van der Waals surface area contributed by atoms with Crippen LogP contribution in [0.15, 0.2) is 24.3 Å². The fraction of sp³-hybridized carbons (Fsp3) is 0.625. The molecule has 1 aromatic carbocycles. The maximum Gasteiger partial charge on any atom is 0.118 e. The molecule has 0 aromatic heterocycles. The maximum absolute atomic E-state index is 6.26. The van der Waals surface area contributed by atoms with Gasteiger partial charge in [-0.15, -0.1) is 0 Å². The van der Waals surface area contributed by atoms with Crippen molar-refractivity contribution in [2.24, 2.45) is 11.7 Å². The van der Waals surface area contributed by atoms with Gasteiger partial charge in [0.05, 0.1) is 25.9 Å². The van der Waals surface area contributed by atoms with Crippen molar-refractivity contribution in [3.05, 3.63) is 29.8 Å². The van der Waals surface area contributed by atoms with E-state index in [2.05, 4.69) is 0 Å². The fourth-order valence-electron chi connectivity index (χ4n) is 2.40. The fourth-order valence-corrected chi connectivity index (χ4v) is 2.40. The third-order valence-electron chi connectivity index (χ3n) is 3.94. The molecule has 20 heavy (non-hydrogen) atoms. The molecule has 1 heterocycles. The number of ether oxygens (including phenoxy) is 3. The van der Waals surface area contributed by atoms with E-state index in [4.69, 9.17) is 19.9 Å². The summed E-state index contributed by atoms with van der Waals surface area (Å²) in [6, 6.07) is 7.75. The summed E-state index contributed by atoms with van der Waals surface area (Å²) in [4.78, 5) is 0. The van der Waals surface area contributed by atoms with Crippen molar-refractivity contribution in [2.45, 2.75) is 31.9 Å². The first-order valence-corrected chi connectivity index (χ1v) is 7.29. The van der Waals surface area contributed by atoms with E-state index in [0.29, 0.717) is 5.92 Å². The minimum Gasteiger partial charge on any atom is -0.497 e. The molecule has 0 amide bonds. The predicted octanol–water partition coefficient (Wildman–Crippen LogP) is 2.53. The summed E-state index contributed by atoms with van der Waals surface area (Å²) in [7, 11) is 1.66. The molecule has 1 fully saturated rings. The Balaban J connectivity index is 1.82. The lowest BCUT2D eigenvalue weighted by Gasteiger charge is -2.26. The van der Waals surface area contributed by atoms with Gasteiger partial charge in [-0.25, -0.2) is 0 Å². The topological polar surface area (TPSA) is 53.7 Å². The van der Waals surface area contributed by atoms with E-state index >= 15 is 0 Å². The molecular weight excluding hydrogens is 254 g/mol. The van der Waals surface area contributed by atoms with Crippen LogP contribution in [-0.2, 0) is 9.47 Å². The summed E-state index contributed by atoms with van der Waals surface area (Å²) in [5.74, 6) is 1.45. The van der Waals surface area contributed by atoms with Crippen molar-refractivity contribution in [3.63, 3.8) is 0 Å². The van der Waals surface area contributed by atoms with Gasteiger partial charge in [-0.2, -0.15) is 0 Å². The first-order valence-electron chi connectivity index (χ1n) is 7.29. The van der Waals surface area contributed by atoms with Crippen LogP contribution in [0.2, 0.25) is 0 Å². The van der Waals surface area contributed by atoms with Crippen molar-refractivity contribution < 1.29 is 14.2 Å². The van der Waals surface area contributed by atoms with Gasteiger partial charge in [-0.05, 0) is 43.4 Å². The highest BCUT2D eigenvalue weighted by atomic mass is 16.5. The minimum absolute atomic E-state index is 0.00578. The van der Waals surface area contributed by atoms with Crippen molar-refractivity contribution >= 4 is 0 Å². The zero-order valence-corrected chi connectivity index (χ0v) is 12.4. The first-order chi connectivity index (χ1) is 9.70. The van der Waals surface area contributed by atoms with Crippen molar-refractivity contribution in [3.8, 4) is 5.75 Å². The smallest absolute Gasteiger partial charge is 0.118 e. The number of nitrogens with two attached hydrogens (primary N) is 1. The summed E-state index contributed by atoms with van der Waals surface area (Å²) >= 11 is 0. The van der Waals surface area contributed by atoms with Crippen LogP contribution in [0.3, 0.4) is 0 Å². The van der Waals surface area contributed by atoms with Gasteiger partial charge < -0.3 is 19.9 Å². The molecule has 0 aliphatic carbocycles. The SMILES string of the molecule is COc1ccc(C(N)C(C)OCC2CCOCC2)cc1. The third kappa shape index (κ3) is 4.20. The second-order valence-corrected chi connectivity index (χ2v) is 5.39. The van der Waals surface area contributed by atoms with Crippen LogP contribution in [0, 0.1) is 5.92 Å². The largest absolute Gasteiger partial charge is 0.497 e. The molecule has 2 atom stereocenters. The summed E-state index contributed by atoms with van der Waals surface area (Å²) < 4.78 is 16.4.